The molecular weight excluding hydrogens is 421 g/mol. The number of anilines is 1. The van der Waals surface area contributed by atoms with E-state index in [4.69, 9.17) is 10.5 Å². The monoisotopic (exact) mass is 440 g/mol. The molecular formula is C23H19F3N4O2. The van der Waals surface area contributed by atoms with Crippen LogP contribution in [0.15, 0.2) is 41.5 Å². The number of nitrogens with two attached hydrogens (primary N) is 1. The van der Waals surface area contributed by atoms with Crippen LogP contribution in [-0.4, -0.2) is 29.4 Å². The fourth-order valence-electron chi connectivity index (χ4n) is 3.92. The van der Waals surface area contributed by atoms with Gasteiger partial charge in [0.1, 0.15) is 17.6 Å². The fourth-order valence-corrected chi connectivity index (χ4v) is 3.92. The highest BCUT2D eigenvalue weighted by atomic mass is 19.3. The lowest BCUT2D eigenvalue weighted by molar-refractivity contribution is 0.0177. The number of nitrogens with zero attached hydrogens (tertiary/aromatic N) is 2. The maximum atomic E-state index is 14.7. The van der Waals surface area contributed by atoms with Gasteiger partial charge in [0.05, 0.1) is 0 Å². The van der Waals surface area contributed by atoms with E-state index in [9.17, 15) is 18.0 Å². The van der Waals surface area contributed by atoms with Gasteiger partial charge in [0.25, 0.3) is 18.4 Å². The Morgan fingerprint density at radius 2 is 2.09 bits per heavy atom. The van der Waals surface area contributed by atoms with E-state index in [1.54, 1.807) is 6.07 Å². The number of hydrogen-bond acceptors (Lipinski definition) is 5. The molecule has 9 heteroatoms. The lowest BCUT2D eigenvalue weighted by Crippen LogP contribution is -2.43. The van der Waals surface area contributed by atoms with Crippen molar-refractivity contribution in [2.75, 3.05) is 5.32 Å². The zero-order chi connectivity index (χ0) is 22.5. The number of alkyl halides is 2. The molecule has 2 heterocycles. The summed E-state index contributed by atoms with van der Waals surface area (Å²) in [4.78, 5) is 20.5. The fraction of sp³-hybridized carbons (Fsp3) is 0.348. The molecule has 164 valence electrons. The van der Waals surface area contributed by atoms with Crippen LogP contribution in [-0.2, 0) is 10.3 Å². The van der Waals surface area contributed by atoms with E-state index < -0.39 is 41.7 Å². The van der Waals surface area contributed by atoms with Crippen LogP contribution in [0, 0.1) is 29.5 Å². The van der Waals surface area contributed by atoms with E-state index in [0.29, 0.717) is 17.9 Å². The number of amides is 1. The lowest BCUT2D eigenvalue weighted by atomic mass is 9.84. The molecule has 5 rings (SSSR count). The van der Waals surface area contributed by atoms with Gasteiger partial charge < -0.3 is 15.8 Å². The first-order valence-corrected chi connectivity index (χ1v) is 10.3. The van der Waals surface area contributed by atoms with Gasteiger partial charge in [-0.3, -0.25) is 4.79 Å². The number of pyridine rings is 1. The van der Waals surface area contributed by atoms with Crippen LogP contribution >= 0.6 is 0 Å². The summed E-state index contributed by atoms with van der Waals surface area (Å²) in [6, 6.07) is 6.31. The Kier molecular flexibility index (Phi) is 4.81. The second kappa shape index (κ2) is 7.55. The van der Waals surface area contributed by atoms with Crippen molar-refractivity contribution in [1.82, 2.24) is 4.98 Å². The molecule has 1 amide bonds. The molecule has 1 unspecified atom stereocenters. The summed E-state index contributed by atoms with van der Waals surface area (Å²) in [5.41, 5.74) is 4.06. The lowest BCUT2D eigenvalue weighted by Gasteiger charge is -2.33. The average Bonchev–Trinajstić information content (AvgIpc) is 3.68. The smallest absolute Gasteiger partial charge is 0.283 e. The number of rotatable bonds is 4. The van der Waals surface area contributed by atoms with Crippen molar-refractivity contribution in [2.45, 2.75) is 37.3 Å². The number of aliphatic imine (C=N–C) groups is 1. The molecule has 0 saturated heterocycles. The van der Waals surface area contributed by atoms with E-state index in [2.05, 4.69) is 27.1 Å². The molecule has 3 atom stereocenters. The Labute approximate surface area is 182 Å². The van der Waals surface area contributed by atoms with Gasteiger partial charge in [-0.05, 0) is 49.6 Å². The van der Waals surface area contributed by atoms with Gasteiger partial charge in [0, 0.05) is 34.8 Å². The van der Waals surface area contributed by atoms with Crippen molar-refractivity contribution in [3.05, 3.63) is 59.2 Å². The van der Waals surface area contributed by atoms with Crippen LogP contribution < -0.4 is 11.1 Å². The Morgan fingerprint density at radius 1 is 1.28 bits per heavy atom. The number of fused-ring (bicyclic) bond motifs is 1. The summed E-state index contributed by atoms with van der Waals surface area (Å²) in [6.07, 6.45) is 0.486. The molecule has 0 spiro atoms. The Morgan fingerprint density at radius 3 is 2.78 bits per heavy atom. The molecule has 1 aromatic heterocycles. The topological polar surface area (TPSA) is 89.6 Å². The summed E-state index contributed by atoms with van der Waals surface area (Å²) in [5.74, 6) is 4.46. The van der Waals surface area contributed by atoms with Gasteiger partial charge in [-0.2, -0.15) is 0 Å². The van der Waals surface area contributed by atoms with Gasteiger partial charge in [-0.25, -0.2) is 23.1 Å². The zero-order valence-electron chi connectivity index (χ0n) is 16.8. The third-order valence-corrected chi connectivity index (χ3v) is 5.85. The minimum absolute atomic E-state index is 0.118. The predicted molar refractivity (Wildman–Crippen MR) is 110 cm³/mol. The molecule has 1 aromatic carbocycles. The molecule has 0 radical (unpaired) electrons. The SMILES string of the molecule is NC1=N[C@@](c2cc(NC(=O)c3ccc(C#CC4CC4)cn3)ccc2F)(C(F)F)C2C[C@H]2O1. The molecule has 32 heavy (non-hydrogen) atoms. The van der Waals surface area contributed by atoms with Crippen molar-refractivity contribution in [3.63, 3.8) is 0 Å². The normalized spacial score (nSPS) is 25.7. The van der Waals surface area contributed by atoms with Crippen LogP contribution in [0.5, 0.6) is 0 Å². The number of aromatic nitrogens is 1. The van der Waals surface area contributed by atoms with Gasteiger partial charge in [0.2, 0.25) is 0 Å². The number of benzene rings is 1. The number of halogens is 3. The van der Waals surface area contributed by atoms with Crippen LogP contribution in [0.1, 0.15) is 40.9 Å². The number of nitrogens with one attached hydrogen (secondary N) is 1. The predicted octanol–water partition coefficient (Wildman–Crippen LogP) is 3.43. The number of hydrogen-bond donors (Lipinski definition) is 2. The number of carbonyl (C=O) groups is 1. The minimum atomic E-state index is -3.01. The van der Waals surface area contributed by atoms with Gasteiger partial charge >= 0.3 is 0 Å². The molecule has 3 aliphatic rings. The first-order chi connectivity index (χ1) is 15.4. The highest BCUT2D eigenvalue weighted by Gasteiger charge is 2.64. The van der Waals surface area contributed by atoms with Crippen molar-refractivity contribution in [3.8, 4) is 11.8 Å². The zero-order valence-corrected chi connectivity index (χ0v) is 16.8. The largest absolute Gasteiger partial charge is 0.462 e. The summed E-state index contributed by atoms with van der Waals surface area (Å²) in [6.45, 7) is 0. The van der Waals surface area contributed by atoms with Crippen molar-refractivity contribution < 1.29 is 22.7 Å². The first-order valence-electron chi connectivity index (χ1n) is 10.3. The molecule has 2 aliphatic carbocycles. The molecule has 3 N–H and O–H groups in total. The molecule has 2 fully saturated rings. The van der Waals surface area contributed by atoms with E-state index in [1.807, 2.05) is 0 Å². The number of carbonyl (C=O) groups excluding carboxylic acids is 1. The first kappa shape index (κ1) is 20.4. The quantitative estimate of drug-likeness (QED) is 0.713. The van der Waals surface area contributed by atoms with Crippen molar-refractivity contribution in [1.29, 1.82) is 0 Å². The minimum Gasteiger partial charge on any atom is -0.462 e. The van der Waals surface area contributed by atoms with Crippen LogP contribution in [0.2, 0.25) is 0 Å². The van der Waals surface area contributed by atoms with Crippen LogP contribution in [0.25, 0.3) is 0 Å². The van der Waals surface area contributed by atoms with Crippen molar-refractivity contribution in [2.24, 2.45) is 22.6 Å². The average molecular weight is 440 g/mol. The standard InChI is InChI=1S/C23H19F3N4O2/c24-17-7-6-14(9-15(17)23(21(25)26)16-10-19(16)32-22(27)30-23)29-20(31)18-8-5-13(11-28-18)4-3-12-1-2-12/h5-9,11-12,16,19,21H,1-2,10H2,(H2,27,30)(H,29,31)/t16?,19-,23-/m1/s1. The van der Waals surface area contributed by atoms with E-state index in [1.165, 1.54) is 24.4 Å². The molecule has 2 aromatic rings. The van der Waals surface area contributed by atoms with Crippen LogP contribution in [0.4, 0.5) is 18.9 Å². The van der Waals surface area contributed by atoms with Crippen molar-refractivity contribution >= 4 is 17.6 Å². The second-order valence-corrected chi connectivity index (χ2v) is 8.20. The third-order valence-electron chi connectivity index (χ3n) is 5.85. The van der Waals surface area contributed by atoms with E-state index >= 15 is 0 Å². The molecule has 1 aliphatic heterocycles. The molecule has 6 nitrogen and oxygen atoms in total. The maximum absolute atomic E-state index is 14.7. The van der Waals surface area contributed by atoms with Crippen LogP contribution in [0.3, 0.4) is 0 Å². The van der Waals surface area contributed by atoms with Gasteiger partial charge in [0.15, 0.2) is 5.54 Å². The summed E-state index contributed by atoms with van der Waals surface area (Å²) >= 11 is 0. The van der Waals surface area contributed by atoms with E-state index in [0.717, 1.165) is 18.9 Å². The molecule has 0 bridgehead atoms. The Hall–Kier alpha value is -3.54. The van der Waals surface area contributed by atoms with Gasteiger partial charge in [-0.1, -0.05) is 11.8 Å². The Balaban J connectivity index is 1.40. The summed E-state index contributed by atoms with van der Waals surface area (Å²) < 4.78 is 48.3. The van der Waals surface area contributed by atoms with Gasteiger partial charge in [-0.15, -0.1) is 0 Å². The van der Waals surface area contributed by atoms with E-state index in [-0.39, 0.29) is 16.9 Å². The highest BCUT2D eigenvalue weighted by molar-refractivity contribution is 6.02. The number of amidine groups is 1. The maximum Gasteiger partial charge on any atom is 0.283 e. The summed E-state index contributed by atoms with van der Waals surface area (Å²) in [7, 11) is 0. The molecule has 2 saturated carbocycles. The number of ether oxygens (including phenoxy) is 1. The summed E-state index contributed by atoms with van der Waals surface area (Å²) in [5, 5.41) is 2.58. The Bertz CT molecular complexity index is 1170. The second-order valence-electron chi connectivity index (χ2n) is 8.20. The highest BCUT2D eigenvalue weighted by Crippen LogP contribution is 2.56. The third kappa shape index (κ3) is 3.66.